The number of para-hydroxylation sites is 1. The van der Waals surface area contributed by atoms with Crippen LogP contribution in [0.15, 0.2) is 53.6 Å². The van der Waals surface area contributed by atoms with Crippen LogP contribution in [0.25, 0.3) is 0 Å². The second-order valence-corrected chi connectivity index (χ2v) is 6.17. The molecule has 0 saturated carbocycles. The molecule has 31 heavy (non-hydrogen) atoms. The molecule has 2 N–H and O–H groups in total. The third kappa shape index (κ3) is 7.70. The molecule has 166 valence electrons. The number of carboxylic acids is 1. The summed E-state index contributed by atoms with van der Waals surface area (Å²) in [6.07, 6.45) is -2.53. The molecule has 0 saturated heterocycles. The van der Waals surface area contributed by atoms with Gasteiger partial charge in [0.1, 0.15) is 12.4 Å². The molecule has 0 spiro atoms. The number of nitrogens with one attached hydrogen (secondary N) is 1. The monoisotopic (exact) mass is 442 g/mol. The summed E-state index contributed by atoms with van der Waals surface area (Å²) in [6.45, 7) is -2.28. The first kappa shape index (κ1) is 23.8. The average molecular weight is 442 g/mol. The first-order chi connectivity index (χ1) is 14.7. The van der Waals surface area contributed by atoms with Crippen molar-refractivity contribution in [1.29, 1.82) is 0 Å². The van der Waals surface area contributed by atoms with Crippen LogP contribution in [-0.2, 0) is 16.1 Å². The van der Waals surface area contributed by atoms with E-state index in [2.05, 4.69) is 15.3 Å². The van der Waals surface area contributed by atoms with Gasteiger partial charge >= 0.3 is 18.3 Å². The lowest BCUT2D eigenvalue weighted by molar-refractivity contribution is -0.168. The summed E-state index contributed by atoms with van der Waals surface area (Å²) < 4.78 is 59.4. The van der Waals surface area contributed by atoms with Crippen LogP contribution in [0.2, 0.25) is 0 Å². The van der Waals surface area contributed by atoms with Crippen molar-refractivity contribution in [1.82, 2.24) is 5.43 Å². The van der Waals surface area contributed by atoms with Crippen molar-refractivity contribution in [3.8, 4) is 5.75 Å². The number of hydrogen-bond acceptors (Lipinski definition) is 5. The van der Waals surface area contributed by atoms with Gasteiger partial charge in [0.2, 0.25) is 0 Å². The first-order valence-corrected chi connectivity index (χ1v) is 8.78. The van der Waals surface area contributed by atoms with Gasteiger partial charge in [0.05, 0.1) is 12.8 Å². The van der Waals surface area contributed by atoms with E-state index < -0.39 is 37.4 Å². The molecule has 0 atom stereocenters. The van der Waals surface area contributed by atoms with Gasteiger partial charge in [0.15, 0.2) is 6.61 Å². The maximum Gasteiger partial charge on any atom is 0.341 e. The number of halogens is 4. The fourth-order valence-corrected chi connectivity index (χ4v) is 2.20. The van der Waals surface area contributed by atoms with Crippen LogP contribution in [-0.4, -0.2) is 48.8 Å². The van der Waals surface area contributed by atoms with E-state index in [4.69, 9.17) is 9.84 Å². The van der Waals surface area contributed by atoms with Crippen molar-refractivity contribution in [2.45, 2.75) is 19.0 Å². The van der Waals surface area contributed by atoms with E-state index in [0.29, 0.717) is 11.1 Å². The van der Waals surface area contributed by atoms with Gasteiger partial charge in [-0.15, -0.1) is 0 Å². The molecule has 0 bridgehead atoms. The molecule has 0 heterocycles. The highest BCUT2D eigenvalue weighted by Crippen LogP contribution is 2.23. The number of ether oxygens (including phenoxy) is 2. The van der Waals surface area contributed by atoms with Crippen LogP contribution < -0.4 is 10.2 Å². The van der Waals surface area contributed by atoms with Crippen molar-refractivity contribution in [2.75, 3.05) is 13.2 Å². The van der Waals surface area contributed by atoms with Gasteiger partial charge in [-0.3, -0.25) is 4.79 Å². The molecule has 0 aliphatic heterocycles. The van der Waals surface area contributed by atoms with Crippen LogP contribution in [0, 0.1) is 0 Å². The highest BCUT2D eigenvalue weighted by Gasteiger charge is 2.40. The molecular weight excluding hydrogens is 424 g/mol. The fourth-order valence-electron chi connectivity index (χ4n) is 2.20. The second-order valence-electron chi connectivity index (χ2n) is 6.17. The maximum atomic E-state index is 12.8. The van der Waals surface area contributed by atoms with Gasteiger partial charge in [-0.05, 0) is 29.8 Å². The van der Waals surface area contributed by atoms with E-state index in [1.54, 1.807) is 24.3 Å². The number of carbonyl (C=O) groups is 2. The molecule has 0 aliphatic carbocycles. The lowest BCUT2D eigenvalue weighted by atomic mass is 10.1. The highest BCUT2D eigenvalue weighted by molar-refractivity contribution is 5.95. The van der Waals surface area contributed by atoms with E-state index in [1.807, 2.05) is 0 Å². The van der Waals surface area contributed by atoms with E-state index in [1.165, 1.54) is 30.5 Å². The summed E-state index contributed by atoms with van der Waals surface area (Å²) in [5, 5.41) is 12.5. The SMILES string of the molecule is O=C(O)COc1ccccc1C=NNC(=O)c1ccc(COCC(F)(F)C(F)F)cc1. The number of hydrogen-bond donors (Lipinski definition) is 2. The Hall–Kier alpha value is -3.47. The minimum Gasteiger partial charge on any atom is -0.481 e. The van der Waals surface area contributed by atoms with E-state index in [0.717, 1.165) is 0 Å². The smallest absolute Gasteiger partial charge is 0.341 e. The Kier molecular flexibility index (Phi) is 8.50. The molecule has 11 heteroatoms. The zero-order chi connectivity index (χ0) is 22.9. The third-order valence-corrected chi connectivity index (χ3v) is 3.74. The summed E-state index contributed by atoms with van der Waals surface area (Å²) in [5.74, 6) is -5.67. The summed E-state index contributed by atoms with van der Waals surface area (Å²) in [6, 6.07) is 12.1. The molecule has 0 fully saturated rings. The third-order valence-electron chi connectivity index (χ3n) is 3.74. The zero-order valence-corrected chi connectivity index (χ0v) is 15.9. The largest absolute Gasteiger partial charge is 0.481 e. The molecule has 2 rings (SSSR count). The van der Waals surface area contributed by atoms with Crippen LogP contribution in [0.3, 0.4) is 0 Å². The van der Waals surface area contributed by atoms with E-state index in [-0.39, 0.29) is 17.9 Å². The molecule has 1 amide bonds. The Morgan fingerprint density at radius 2 is 1.81 bits per heavy atom. The van der Waals surface area contributed by atoms with Crippen molar-refractivity contribution in [3.05, 3.63) is 65.2 Å². The molecule has 7 nitrogen and oxygen atoms in total. The number of alkyl halides is 4. The topological polar surface area (TPSA) is 97.2 Å². The van der Waals surface area contributed by atoms with Crippen LogP contribution in [0.5, 0.6) is 5.75 Å². The number of amides is 1. The predicted molar refractivity (Wildman–Crippen MR) is 102 cm³/mol. The standard InChI is InChI=1S/C20H18F4N2O5/c21-19(22)20(23,24)12-30-10-13-5-7-14(8-6-13)18(29)26-25-9-15-3-1-2-4-16(15)31-11-17(27)28/h1-9,19H,10-12H2,(H,26,29)(H,27,28). The van der Waals surface area contributed by atoms with Gasteiger partial charge < -0.3 is 14.6 Å². The van der Waals surface area contributed by atoms with Crippen molar-refractivity contribution in [2.24, 2.45) is 5.10 Å². The average Bonchev–Trinajstić information content (AvgIpc) is 2.73. The van der Waals surface area contributed by atoms with Gasteiger partial charge in [-0.2, -0.15) is 13.9 Å². The minimum atomic E-state index is -4.23. The Morgan fingerprint density at radius 3 is 2.45 bits per heavy atom. The summed E-state index contributed by atoms with van der Waals surface area (Å²) >= 11 is 0. The molecule has 2 aromatic rings. The van der Waals surface area contributed by atoms with Crippen molar-refractivity contribution < 1.29 is 41.7 Å². The summed E-state index contributed by atoms with van der Waals surface area (Å²) in [4.78, 5) is 22.7. The second kappa shape index (κ2) is 11.1. The lowest BCUT2D eigenvalue weighted by Gasteiger charge is -2.15. The van der Waals surface area contributed by atoms with Crippen molar-refractivity contribution >= 4 is 18.1 Å². The summed E-state index contributed by atoms with van der Waals surface area (Å²) in [7, 11) is 0. The predicted octanol–water partition coefficient (Wildman–Crippen LogP) is 3.33. The molecule has 0 aliphatic rings. The molecular formula is C20H18F4N2O5. The van der Waals surface area contributed by atoms with Crippen LogP contribution in [0.1, 0.15) is 21.5 Å². The normalized spacial score (nSPS) is 11.6. The Labute approximate surface area is 174 Å². The fraction of sp³-hybridized carbons (Fsp3) is 0.250. The maximum absolute atomic E-state index is 12.8. The van der Waals surface area contributed by atoms with Crippen molar-refractivity contribution in [3.63, 3.8) is 0 Å². The number of rotatable bonds is 11. The number of aliphatic carboxylic acids is 1. The number of hydrazone groups is 1. The minimum absolute atomic E-state index is 0.203. The lowest BCUT2D eigenvalue weighted by Crippen LogP contribution is -2.32. The molecule has 2 aromatic carbocycles. The molecule has 0 radical (unpaired) electrons. The number of benzene rings is 2. The Balaban J connectivity index is 1.88. The van der Waals surface area contributed by atoms with Crippen LogP contribution >= 0.6 is 0 Å². The summed E-state index contributed by atoms with van der Waals surface area (Å²) in [5.41, 5.74) is 3.34. The molecule has 0 aromatic heterocycles. The van der Waals surface area contributed by atoms with Gasteiger partial charge in [0.25, 0.3) is 5.91 Å². The van der Waals surface area contributed by atoms with Gasteiger partial charge in [0, 0.05) is 11.1 Å². The quantitative estimate of drug-likeness (QED) is 0.316. The van der Waals surface area contributed by atoms with Gasteiger partial charge in [-0.25, -0.2) is 19.0 Å². The van der Waals surface area contributed by atoms with E-state index in [9.17, 15) is 27.2 Å². The highest BCUT2D eigenvalue weighted by atomic mass is 19.3. The van der Waals surface area contributed by atoms with Crippen LogP contribution in [0.4, 0.5) is 17.6 Å². The zero-order valence-electron chi connectivity index (χ0n) is 15.9. The van der Waals surface area contributed by atoms with E-state index >= 15 is 0 Å². The Morgan fingerprint density at radius 1 is 1.13 bits per heavy atom. The Bertz CT molecular complexity index is 920. The first-order valence-electron chi connectivity index (χ1n) is 8.78. The number of carboxylic acid groups (broad SMARTS) is 1. The number of nitrogens with zero attached hydrogens (tertiary/aromatic N) is 1. The van der Waals surface area contributed by atoms with Gasteiger partial charge in [-0.1, -0.05) is 24.3 Å². The number of carbonyl (C=O) groups excluding carboxylic acids is 1. The molecule has 0 unspecified atom stereocenters.